The third kappa shape index (κ3) is 1.48. The average Bonchev–Trinajstić information content (AvgIpc) is 2.86. The van der Waals surface area contributed by atoms with E-state index < -0.39 is 0 Å². The number of hydrogen-bond donors (Lipinski definition) is 0. The minimum Gasteiger partial charge on any atom is -0.335 e. The molecular weight excluding hydrogens is 192 g/mol. The van der Waals surface area contributed by atoms with Gasteiger partial charge in [-0.05, 0) is 25.0 Å². The van der Waals surface area contributed by atoms with E-state index in [1.165, 1.54) is 55.3 Å². The molecule has 0 saturated carbocycles. The van der Waals surface area contributed by atoms with E-state index >= 15 is 0 Å². The van der Waals surface area contributed by atoms with Gasteiger partial charge in [0.2, 0.25) is 0 Å². The molecule has 0 amide bonds. The Morgan fingerprint density at radius 3 is 3.21 bits per heavy atom. The summed E-state index contributed by atoms with van der Waals surface area (Å²) in [5.74, 6) is 4.70. The van der Waals surface area contributed by atoms with Crippen LogP contribution in [0.4, 0.5) is 0 Å². The molecule has 1 saturated heterocycles. The summed E-state index contributed by atoms with van der Waals surface area (Å²) in [5, 5.41) is 0. The highest BCUT2D eigenvalue weighted by Gasteiger charge is 2.22. The first-order valence-corrected chi connectivity index (χ1v) is 6.72. The van der Waals surface area contributed by atoms with Gasteiger partial charge in [-0.25, -0.2) is 4.98 Å². The van der Waals surface area contributed by atoms with E-state index in [4.69, 9.17) is 4.98 Å². The van der Waals surface area contributed by atoms with Gasteiger partial charge in [0, 0.05) is 30.8 Å². The molecule has 1 aromatic rings. The fourth-order valence-corrected chi connectivity index (χ4v) is 3.64. The first-order valence-electron chi connectivity index (χ1n) is 5.57. The van der Waals surface area contributed by atoms with Crippen LogP contribution >= 0.6 is 11.8 Å². The Labute approximate surface area is 89.1 Å². The van der Waals surface area contributed by atoms with Crippen LogP contribution in [0.1, 0.15) is 36.7 Å². The molecular formula is C11H16N2S. The summed E-state index contributed by atoms with van der Waals surface area (Å²) < 4.78 is 2.38. The topological polar surface area (TPSA) is 17.8 Å². The van der Waals surface area contributed by atoms with E-state index in [0.29, 0.717) is 0 Å². The number of aromatic nitrogens is 2. The van der Waals surface area contributed by atoms with Crippen LogP contribution in [0.5, 0.6) is 0 Å². The molecule has 2 nitrogen and oxygen atoms in total. The molecule has 2 aliphatic rings. The molecule has 76 valence electrons. The number of fused-ring (bicyclic) bond motifs is 1. The van der Waals surface area contributed by atoms with E-state index in [1.807, 2.05) is 0 Å². The number of aryl methyl sites for hydroxylation is 2. The van der Waals surface area contributed by atoms with Crippen LogP contribution in [0.3, 0.4) is 0 Å². The van der Waals surface area contributed by atoms with Gasteiger partial charge in [0.05, 0.1) is 5.69 Å². The van der Waals surface area contributed by atoms with Crippen LogP contribution in [-0.2, 0) is 13.0 Å². The number of rotatable bonds is 1. The highest BCUT2D eigenvalue weighted by Crippen LogP contribution is 2.32. The largest absolute Gasteiger partial charge is 0.335 e. The third-order valence-corrected chi connectivity index (χ3v) is 4.44. The fraction of sp³-hybridized carbons (Fsp3) is 0.727. The van der Waals surface area contributed by atoms with E-state index in [9.17, 15) is 0 Å². The van der Waals surface area contributed by atoms with Gasteiger partial charge in [0.25, 0.3) is 0 Å². The maximum absolute atomic E-state index is 4.78. The lowest BCUT2D eigenvalue weighted by molar-refractivity contribution is 0.522. The molecule has 1 unspecified atom stereocenters. The number of nitrogens with zero attached hydrogens (tertiary/aromatic N) is 2. The second-order valence-corrected chi connectivity index (χ2v) is 5.44. The van der Waals surface area contributed by atoms with Crippen LogP contribution < -0.4 is 0 Å². The highest BCUT2D eigenvalue weighted by atomic mass is 32.2. The standard InChI is InChI=1S/C11H16N2S/c1-2-5-13-7-10(12-11(13)3-1)9-4-6-14-8-9/h7,9H,1-6,8H2. The normalized spacial score (nSPS) is 26.4. The molecule has 3 heteroatoms. The molecule has 2 aliphatic heterocycles. The van der Waals surface area contributed by atoms with Crippen LogP contribution in [0, 0.1) is 0 Å². The number of thioether (sulfide) groups is 1. The zero-order valence-electron chi connectivity index (χ0n) is 8.41. The Morgan fingerprint density at radius 1 is 1.43 bits per heavy atom. The highest BCUT2D eigenvalue weighted by molar-refractivity contribution is 7.99. The molecule has 1 aromatic heterocycles. The molecule has 3 heterocycles. The SMILES string of the molecule is c1c(C2CCSC2)nc2n1CCCC2. The maximum Gasteiger partial charge on any atom is 0.108 e. The summed E-state index contributed by atoms with van der Waals surface area (Å²) in [7, 11) is 0. The van der Waals surface area contributed by atoms with Crippen molar-refractivity contribution in [3.05, 3.63) is 17.7 Å². The summed E-state index contributed by atoms with van der Waals surface area (Å²) >= 11 is 2.07. The number of hydrogen-bond acceptors (Lipinski definition) is 2. The Morgan fingerprint density at radius 2 is 2.43 bits per heavy atom. The average molecular weight is 208 g/mol. The molecule has 0 bridgehead atoms. The van der Waals surface area contributed by atoms with Crippen molar-refractivity contribution in [3.8, 4) is 0 Å². The first kappa shape index (κ1) is 8.84. The van der Waals surface area contributed by atoms with Crippen molar-refractivity contribution in [2.75, 3.05) is 11.5 Å². The van der Waals surface area contributed by atoms with Crippen molar-refractivity contribution in [2.45, 2.75) is 38.1 Å². The molecule has 0 radical (unpaired) electrons. The predicted octanol–water partition coefficient (Wildman–Crippen LogP) is 2.44. The lowest BCUT2D eigenvalue weighted by Gasteiger charge is -2.11. The van der Waals surface area contributed by atoms with E-state index in [1.54, 1.807) is 0 Å². The van der Waals surface area contributed by atoms with Gasteiger partial charge in [-0.2, -0.15) is 11.8 Å². The van der Waals surface area contributed by atoms with Gasteiger partial charge in [-0.15, -0.1) is 0 Å². The van der Waals surface area contributed by atoms with Crippen molar-refractivity contribution < 1.29 is 0 Å². The third-order valence-electron chi connectivity index (χ3n) is 3.28. The van der Waals surface area contributed by atoms with Crippen LogP contribution in [0.25, 0.3) is 0 Å². The van der Waals surface area contributed by atoms with E-state index in [-0.39, 0.29) is 0 Å². The lowest BCUT2D eigenvalue weighted by atomic mass is 10.1. The van der Waals surface area contributed by atoms with E-state index in [0.717, 1.165) is 5.92 Å². The Kier molecular flexibility index (Phi) is 2.28. The second-order valence-electron chi connectivity index (χ2n) is 4.29. The van der Waals surface area contributed by atoms with Crippen molar-refractivity contribution in [2.24, 2.45) is 0 Å². The molecule has 0 N–H and O–H groups in total. The quantitative estimate of drug-likeness (QED) is 0.705. The number of imidazole rings is 1. The summed E-state index contributed by atoms with van der Waals surface area (Å²) in [6.07, 6.45) is 7.50. The zero-order chi connectivity index (χ0) is 9.38. The van der Waals surface area contributed by atoms with E-state index in [2.05, 4.69) is 22.5 Å². The van der Waals surface area contributed by atoms with Gasteiger partial charge in [-0.3, -0.25) is 0 Å². The van der Waals surface area contributed by atoms with Crippen LogP contribution in [0.2, 0.25) is 0 Å². The minimum absolute atomic E-state index is 0.748. The first-order chi connectivity index (χ1) is 6.93. The Balaban J connectivity index is 1.87. The molecule has 0 spiro atoms. The van der Waals surface area contributed by atoms with Crippen molar-refractivity contribution in [1.82, 2.24) is 9.55 Å². The van der Waals surface area contributed by atoms with Crippen molar-refractivity contribution >= 4 is 11.8 Å². The summed E-state index contributed by atoms with van der Waals surface area (Å²) in [6.45, 7) is 1.20. The Hall–Kier alpha value is -0.440. The lowest BCUT2D eigenvalue weighted by Crippen LogP contribution is -2.08. The monoisotopic (exact) mass is 208 g/mol. The smallest absolute Gasteiger partial charge is 0.108 e. The van der Waals surface area contributed by atoms with Crippen molar-refractivity contribution in [3.63, 3.8) is 0 Å². The fourth-order valence-electron chi connectivity index (χ4n) is 2.40. The van der Waals surface area contributed by atoms with Crippen LogP contribution in [-0.4, -0.2) is 21.1 Å². The molecule has 1 atom stereocenters. The van der Waals surface area contributed by atoms with Gasteiger partial charge in [-0.1, -0.05) is 0 Å². The summed E-state index contributed by atoms with van der Waals surface area (Å²) in [6, 6.07) is 0. The summed E-state index contributed by atoms with van der Waals surface area (Å²) in [5.41, 5.74) is 1.37. The van der Waals surface area contributed by atoms with Gasteiger partial charge < -0.3 is 4.57 Å². The van der Waals surface area contributed by atoms with Crippen molar-refractivity contribution in [1.29, 1.82) is 0 Å². The second kappa shape index (κ2) is 3.61. The zero-order valence-corrected chi connectivity index (χ0v) is 9.22. The maximum atomic E-state index is 4.78. The molecule has 14 heavy (non-hydrogen) atoms. The minimum atomic E-state index is 0.748. The van der Waals surface area contributed by atoms with Gasteiger partial charge >= 0.3 is 0 Å². The van der Waals surface area contributed by atoms with Crippen LogP contribution in [0.15, 0.2) is 6.20 Å². The molecule has 3 rings (SSSR count). The predicted molar refractivity (Wildman–Crippen MR) is 59.8 cm³/mol. The Bertz CT molecular complexity index is 303. The molecule has 0 aromatic carbocycles. The molecule has 1 fully saturated rings. The van der Waals surface area contributed by atoms with Gasteiger partial charge in [0.15, 0.2) is 0 Å². The summed E-state index contributed by atoms with van der Waals surface area (Å²) in [4.78, 5) is 4.78. The molecule has 0 aliphatic carbocycles. The van der Waals surface area contributed by atoms with Gasteiger partial charge in [0.1, 0.15) is 5.82 Å².